The molecule has 0 radical (unpaired) electrons. The third-order valence-corrected chi connectivity index (χ3v) is 3.74. The van der Waals surface area contributed by atoms with Crippen molar-refractivity contribution in [2.75, 3.05) is 6.61 Å². The van der Waals surface area contributed by atoms with E-state index >= 15 is 0 Å². The molecule has 0 saturated heterocycles. The minimum Gasteiger partial charge on any atom is -0.395 e. The monoisotopic (exact) mass is 229 g/mol. The molecule has 1 aliphatic carbocycles. The Morgan fingerprint density at radius 3 is 2.93 bits per heavy atom. The van der Waals surface area contributed by atoms with E-state index in [-0.39, 0.29) is 17.9 Å². The number of thioether (sulfide) groups is 1. The number of rotatable bonds is 5. The molecule has 2 rings (SSSR count). The Morgan fingerprint density at radius 2 is 2.40 bits per heavy atom. The van der Waals surface area contributed by atoms with Crippen LogP contribution < -0.4 is 5.73 Å². The molecule has 3 N–H and O–H groups in total. The van der Waals surface area contributed by atoms with Crippen molar-refractivity contribution in [3.8, 4) is 0 Å². The summed E-state index contributed by atoms with van der Waals surface area (Å²) >= 11 is 1.45. The molecule has 6 nitrogen and oxygen atoms in total. The third-order valence-electron chi connectivity index (χ3n) is 2.38. The second-order valence-electron chi connectivity index (χ2n) is 3.84. The number of tetrazole rings is 1. The van der Waals surface area contributed by atoms with E-state index in [1.165, 1.54) is 11.8 Å². The summed E-state index contributed by atoms with van der Waals surface area (Å²) in [6.45, 7) is 1.92. The fourth-order valence-corrected chi connectivity index (χ4v) is 2.19. The number of hydrogen-bond donors (Lipinski definition) is 2. The molecular weight excluding hydrogens is 214 g/mol. The molecule has 1 aromatic rings. The van der Waals surface area contributed by atoms with Gasteiger partial charge in [0.1, 0.15) is 0 Å². The Hall–Kier alpha value is -0.660. The van der Waals surface area contributed by atoms with Gasteiger partial charge in [0.25, 0.3) is 0 Å². The van der Waals surface area contributed by atoms with Crippen LogP contribution in [0.2, 0.25) is 0 Å². The van der Waals surface area contributed by atoms with Crippen molar-refractivity contribution in [3.63, 3.8) is 0 Å². The van der Waals surface area contributed by atoms with Gasteiger partial charge in [-0.1, -0.05) is 11.8 Å². The Bertz CT molecular complexity index is 325. The van der Waals surface area contributed by atoms with E-state index in [1.54, 1.807) is 0 Å². The largest absolute Gasteiger partial charge is 0.395 e. The summed E-state index contributed by atoms with van der Waals surface area (Å²) in [7, 11) is 0. The smallest absolute Gasteiger partial charge is 0.209 e. The van der Waals surface area contributed by atoms with Crippen molar-refractivity contribution in [2.45, 2.75) is 42.3 Å². The molecule has 1 saturated carbocycles. The Kier molecular flexibility index (Phi) is 3.22. The third kappa shape index (κ3) is 2.47. The molecule has 2 unspecified atom stereocenters. The Labute approximate surface area is 92.2 Å². The zero-order valence-electron chi connectivity index (χ0n) is 8.58. The molecule has 1 fully saturated rings. The maximum Gasteiger partial charge on any atom is 0.209 e. The van der Waals surface area contributed by atoms with Gasteiger partial charge in [0, 0.05) is 6.04 Å². The van der Waals surface area contributed by atoms with E-state index in [0.29, 0.717) is 6.04 Å². The molecule has 0 amide bonds. The van der Waals surface area contributed by atoms with E-state index in [2.05, 4.69) is 15.5 Å². The zero-order valence-corrected chi connectivity index (χ0v) is 9.39. The second-order valence-corrected chi connectivity index (χ2v) is 5.04. The fourth-order valence-electron chi connectivity index (χ4n) is 1.26. The van der Waals surface area contributed by atoms with Gasteiger partial charge in [0.15, 0.2) is 0 Å². The molecule has 15 heavy (non-hydrogen) atoms. The number of nitrogens with two attached hydrogens (primary N) is 1. The number of aliphatic hydroxyl groups excluding tert-OH is 1. The highest BCUT2D eigenvalue weighted by atomic mass is 32.2. The van der Waals surface area contributed by atoms with Crippen molar-refractivity contribution in [1.29, 1.82) is 0 Å². The van der Waals surface area contributed by atoms with Crippen LogP contribution in [0.4, 0.5) is 0 Å². The van der Waals surface area contributed by atoms with Gasteiger partial charge in [-0.15, -0.1) is 5.10 Å². The molecule has 0 bridgehead atoms. The first-order valence-corrected chi connectivity index (χ1v) is 5.91. The van der Waals surface area contributed by atoms with Crippen LogP contribution in [0.15, 0.2) is 5.16 Å². The first-order chi connectivity index (χ1) is 7.22. The van der Waals surface area contributed by atoms with Gasteiger partial charge in [-0.25, -0.2) is 4.68 Å². The first kappa shape index (κ1) is 10.8. The van der Waals surface area contributed by atoms with Crippen LogP contribution >= 0.6 is 11.8 Å². The van der Waals surface area contributed by atoms with Crippen LogP contribution in [0.5, 0.6) is 0 Å². The molecule has 1 aromatic heterocycles. The van der Waals surface area contributed by atoms with Crippen molar-refractivity contribution in [2.24, 2.45) is 5.73 Å². The molecule has 0 spiro atoms. The summed E-state index contributed by atoms with van der Waals surface area (Å²) in [5, 5.41) is 21.4. The molecule has 1 aliphatic rings. The molecule has 0 aliphatic heterocycles. The Balaban J connectivity index is 2.05. The van der Waals surface area contributed by atoms with Gasteiger partial charge in [-0.05, 0) is 30.2 Å². The highest BCUT2D eigenvalue weighted by Gasteiger charge is 2.29. The molecule has 0 aromatic carbocycles. The van der Waals surface area contributed by atoms with Crippen LogP contribution in [0.3, 0.4) is 0 Å². The highest BCUT2D eigenvalue weighted by molar-refractivity contribution is 7.99. The number of aliphatic hydroxyl groups is 1. The average Bonchev–Trinajstić information content (AvgIpc) is 2.95. The highest BCUT2D eigenvalue weighted by Crippen LogP contribution is 2.37. The van der Waals surface area contributed by atoms with Crippen LogP contribution in [0.1, 0.15) is 25.8 Å². The van der Waals surface area contributed by atoms with E-state index in [0.717, 1.165) is 18.0 Å². The van der Waals surface area contributed by atoms with Gasteiger partial charge in [0.05, 0.1) is 17.9 Å². The summed E-state index contributed by atoms with van der Waals surface area (Å²) in [6.07, 6.45) is 2.28. The lowest BCUT2D eigenvalue weighted by Crippen LogP contribution is -2.32. The van der Waals surface area contributed by atoms with E-state index < -0.39 is 0 Å². The lowest BCUT2D eigenvalue weighted by Gasteiger charge is -2.16. The van der Waals surface area contributed by atoms with Gasteiger partial charge in [-0.2, -0.15) is 0 Å². The molecule has 1 heterocycles. The van der Waals surface area contributed by atoms with E-state index in [4.69, 9.17) is 10.8 Å². The minimum atomic E-state index is -0.0793. The van der Waals surface area contributed by atoms with Gasteiger partial charge < -0.3 is 10.8 Å². The van der Waals surface area contributed by atoms with Crippen molar-refractivity contribution in [3.05, 3.63) is 0 Å². The van der Waals surface area contributed by atoms with Crippen molar-refractivity contribution < 1.29 is 5.11 Å². The van der Waals surface area contributed by atoms with Gasteiger partial charge in [-0.3, -0.25) is 0 Å². The maximum atomic E-state index is 9.16. The standard InChI is InChI=1S/C8H15N5OS/c1-5(9)7(4-14)15-8-10-11-12-13(8)6-2-3-6/h5-7,14H,2-4,9H2,1H3. The molecule has 84 valence electrons. The first-order valence-electron chi connectivity index (χ1n) is 5.03. The molecule has 2 atom stereocenters. The maximum absolute atomic E-state index is 9.16. The fraction of sp³-hybridized carbons (Fsp3) is 0.875. The average molecular weight is 229 g/mol. The lowest BCUT2D eigenvalue weighted by atomic mass is 10.3. The number of aromatic nitrogens is 4. The summed E-state index contributed by atoms with van der Waals surface area (Å²) < 4.78 is 1.83. The number of nitrogens with zero attached hydrogens (tertiary/aromatic N) is 4. The quantitative estimate of drug-likeness (QED) is 0.680. The van der Waals surface area contributed by atoms with Crippen molar-refractivity contribution >= 4 is 11.8 Å². The van der Waals surface area contributed by atoms with Crippen LogP contribution in [0, 0.1) is 0 Å². The number of hydrogen-bond acceptors (Lipinski definition) is 6. The summed E-state index contributed by atoms with van der Waals surface area (Å²) in [5.74, 6) is 0. The summed E-state index contributed by atoms with van der Waals surface area (Å²) in [5.41, 5.74) is 5.75. The second kappa shape index (κ2) is 4.46. The predicted molar refractivity (Wildman–Crippen MR) is 56.5 cm³/mol. The van der Waals surface area contributed by atoms with Gasteiger partial charge >= 0.3 is 0 Å². The normalized spacial score (nSPS) is 20.2. The summed E-state index contributed by atoms with van der Waals surface area (Å²) in [6, 6.07) is 0.374. The van der Waals surface area contributed by atoms with E-state index in [9.17, 15) is 0 Å². The molecular formula is C8H15N5OS. The molecule has 7 heteroatoms. The van der Waals surface area contributed by atoms with Crippen LogP contribution in [0.25, 0.3) is 0 Å². The van der Waals surface area contributed by atoms with Crippen LogP contribution in [-0.2, 0) is 0 Å². The minimum absolute atomic E-state index is 0.0415. The lowest BCUT2D eigenvalue weighted by molar-refractivity contribution is 0.285. The van der Waals surface area contributed by atoms with Crippen molar-refractivity contribution in [1.82, 2.24) is 20.2 Å². The predicted octanol–water partition coefficient (Wildman–Crippen LogP) is -0.192. The SMILES string of the molecule is CC(N)C(CO)Sc1nnnn1C1CC1. The summed E-state index contributed by atoms with van der Waals surface area (Å²) in [4.78, 5) is 0. The Morgan fingerprint density at radius 1 is 1.67 bits per heavy atom. The van der Waals surface area contributed by atoms with Crippen LogP contribution in [-0.4, -0.2) is 43.2 Å². The van der Waals surface area contributed by atoms with Gasteiger partial charge in [0.2, 0.25) is 5.16 Å². The zero-order chi connectivity index (χ0) is 10.8. The van der Waals surface area contributed by atoms with E-state index in [1.807, 2.05) is 11.6 Å². The topological polar surface area (TPSA) is 89.8 Å².